The molecule has 2 aliphatic carbocycles. The molecule has 1 aliphatic heterocycles. The van der Waals surface area contributed by atoms with Crippen molar-refractivity contribution in [3.05, 3.63) is 17.7 Å². The van der Waals surface area contributed by atoms with Gasteiger partial charge in [0.25, 0.3) is 0 Å². The lowest BCUT2D eigenvalue weighted by molar-refractivity contribution is -0.136. The largest absolute Gasteiger partial charge is 0.341 e. The predicted molar refractivity (Wildman–Crippen MR) is 85.6 cm³/mol. The van der Waals surface area contributed by atoms with Gasteiger partial charge in [-0.05, 0) is 44.4 Å². The van der Waals surface area contributed by atoms with E-state index in [1.54, 1.807) is 0 Å². The number of hydrogen-bond acceptors (Lipinski definition) is 2. The summed E-state index contributed by atoms with van der Waals surface area (Å²) in [5.74, 6) is 3.58. The fourth-order valence-corrected chi connectivity index (χ4v) is 4.04. The number of likely N-dealkylation sites (tertiary alicyclic amines) is 1. The van der Waals surface area contributed by atoms with Crippen LogP contribution in [0.25, 0.3) is 0 Å². The first-order chi connectivity index (χ1) is 10.7. The van der Waals surface area contributed by atoms with Gasteiger partial charge in [-0.1, -0.05) is 12.8 Å². The number of imidazole rings is 1. The van der Waals surface area contributed by atoms with Crippen molar-refractivity contribution >= 4 is 5.91 Å². The Morgan fingerprint density at radius 2 is 1.91 bits per heavy atom. The van der Waals surface area contributed by atoms with Gasteiger partial charge in [-0.25, -0.2) is 4.98 Å². The third kappa shape index (κ3) is 2.80. The van der Waals surface area contributed by atoms with Crippen LogP contribution >= 0.6 is 0 Å². The van der Waals surface area contributed by atoms with Crippen LogP contribution in [0.15, 0.2) is 6.20 Å². The Balaban J connectivity index is 1.33. The third-order valence-corrected chi connectivity index (χ3v) is 5.76. The summed E-state index contributed by atoms with van der Waals surface area (Å²) in [6.45, 7) is 5.05. The molecule has 4 rings (SSSR count). The van der Waals surface area contributed by atoms with E-state index in [9.17, 15) is 4.79 Å². The molecule has 0 aromatic carbocycles. The molecule has 4 heteroatoms. The summed E-state index contributed by atoms with van der Waals surface area (Å²) >= 11 is 0. The van der Waals surface area contributed by atoms with Crippen molar-refractivity contribution in [1.82, 2.24) is 14.5 Å². The number of carbonyl (C=O) groups excluding carboxylic acids is 1. The summed E-state index contributed by atoms with van der Waals surface area (Å²) in [4.78, 5) is 19.0. The van der Waals surface area contributed by atoms with Crippen LogP contribution in [0.2, 0.25) is 0 Å². The highest BCUT2D eigenvalue weighted by Crippen LogP contribution is 2.35. The van der Waals surface area contributed by atoms with Crippen LogP contribution in [0.3, 0.4) is 0 Å². The summed E-state index contributed by atoms with van der Waals surface area (Å²) in [5, 5.41) is 0. The normalized spacial score (nSPS) is 23.0. The number of aromatic nitrogens is 2. The minimum Gasteiger partial charge on any atom is -0.341 e. The van der Waals surface area contributed by atoms with Crippen molar-refractivity contribution in [2.24, 2.45) is 11.8 Å². The number of amides is 1. The zero-order valence-electron chi connectivity index (χ0n) is 13.6. The Labute approximate surface area is 132 Å². The van der Waals surface area contributed by atoms with Gasteiger partial charge in [0.2, 0.25) is 5.91 Å². The van der Waals surface area contributed by atoms with Crippen LogP contribution in [0.1, 0.15) is 62.4 Å². The molecule has 2 saturated carbocycles. The number of aryl methyl sites for hydroxylation is 1. The van der Waals surface area contributed by atoms with Crippen LogP contribution in [-0.2, 0) is 11.3 Å². The van der Waals surface area contributed by atoms with E-state index in [0.29, 0.717) is 17.7 Å². The van der Waals surface area contributed by atoms with E-state index in [1.165, 1.54) is 50.0 Å². The molecule has 120 valence electrons. The molecule has 1 saturated heterocycles. The van der Waals surface area contributed by atoms with Gasteiger partial charge in [-0.3, -0.25) is 4.79 Å². The second kappa shape index (κ2) is 5.71. The van der Waals surface area contributed by atoms with Gasteiger partial charge < -0.3 is 9.47 Å². The maximum atomic E-state index is 12.3. The molecule has 3 aliphatic rings. The average molecular weight is 301 g/mol. The van der Waals surface area contributed by atoms with Crippen LogP contribution in [-0.4, -0.2) is 33.4 Å². The van der Waals surface area contributed by atoms with Crippen molar-refractivity contribution < 1.29 is 4.79 Å². The van der Waals surface area contributed by atoms with Gasteiger partial charge in [-0.2, -0.15) is 0 Å². The molecular formula is C18H27N3O. The lowest BCUT2D eigenvalue weighted by Crippen LogP contribution is -2.49. The van der Waals surface area contributed by atoms with Gasteiger partial charge in [0.15, 0.2) is 0 Å². The molecule has 0 N–H and O–H groups in total. The maximum absolute atomic E-state index is 12.3. The number of rotatable bonds is 5. The van der Waals surface area contributed by atoms with Crippen molar-refractivity contribution in [2.75, 3.05) is 13.1 Å². The highest BCUT2D eigenvalue weighted by atomic mass is 16.2. The first-order valence-electron chi connectivity index (χ1n) is 9.00. The minimum absolute atomic E-state index is 0.375. The monoisotopic (exact) mass is 301 g/mol. The summed E-state index contributed by atoms with van der Waals surface area (Å²) in [5.41, 5.74) is 1.28. The van der Waals surface area contributed by atoms with Gasteiger partial charge in [0, 0.05) is 37.9 Å². The Hall–Kier alpha value is -1.32. The zero-order valence-corrected chi connectivity index (χ0v) is 13.6. The highest BCUT2D eigenvalue weighted by Gasteiger charge is 2.36. The molecule has 2 heterocycles. The quantitative estimate of drug-likeness (QED) is 0.838. The summed E-state index contributed by atoms with van der Waals surface area (Å²) in [6.07, 6.45) is 10.7. The number of hydrogen-bond donors (Lipinski definition) is 0. The first kappa shape index (κ1) is 14.3. The molecule has 1 aromatic rings. The van der Waals surface area contributed by atoms with E-state index < -0.39 is 0 Å². The fourth-order valence-electron chi connectivity index (χ4n) is 4.04. The molecule has 4 nitrogen and oxygen atoms in total. The van der Waals surface area contributed by atoms with E-state index in [0.717, 1.165) is 32.0 Å². The molecule has 0 bridgehead atoms. The second-order valence-electron chi connectivity index (χ2n) is 7.66. The Bertz CT molecular complexity index is 549. The molecule has 22 heavy (non-hydrogen) atoms. The van der Waals surface area contributed by atoms with Gasteiger partial charge in [0.1, 0.15) is 5.82 Å². The standard InChI is InChI=1S/C18H27N3O/c1-13-9-19-18(21(13)10-15-6-7-15)16-11-20(12-16)17(22)8-14-4-2-3-5-14/h9,14-16H,2-8,10-12H2,1H3. The van der Waals surface area contributed by atoms with E-state index in [-0.39, 0.29) is 0 Å². The van der Waals surface area contributed by atoms with Crippen LogP contribution in [0, 0.1) is 18.8 Å². The topological polar surface area (TPSA) is 38.1 Å². The smallest absolute Gasteiger partial charge is 0.222 e. The molecule has 0 atom stereocenters. The Morgan fingerprint density at radius 3 is 2.59 bits per heavy atom. The number of nitrogens with zero attached hydrogens (tertiary/aromatic N) is 3. The molecule has 0 spiro atoms. The predicted octanol–water partition coefficient (Wildman–Crippen LogP) is 3.11. The first-order valence-corrected chi connectivity index (χ1v) is 9.00. The van der Waals surface area contributed by atoms with Gasteiger partial charge in [-0.15, -0.1) is 0 Å². The maximum Gasteiger partial charge on any atom is 0.222 e. The van der Waals surface area contributed by atoms with Crippen LogP contribution in [0.4, 0.5) is 0 Å². The van der Waals surface area contributed by atoms with E-state index in [2.05, 4.69) is 21.4 Å². The lowest BCUT2D eigenvalue weighted by atomic mass is 9.96. The van der Waals surface area contributed by atoms with Crippen molar-refractivity contribution in [1.29, 1.82) is 0 Å². The fraction of sp³-hybridized carbons (Fsp3) is 0.778. The average Bonchev–Trinajstić information content (AvgIpc) is 3.00. The molecule has 3 fully saturated rings. The van der Waals surface area contributed by atoms with Crippen LogP contribution < -0.4 is 0 Å². The van der Waals surface area contributed by atoms with E-state index >= 15 is 0 Å². The van der Waals surface area contributed by atoms with Crippen molar-refractivity contribution in [2.45, 2.75) is 64.3 Å². The molecule has 0 radical (unpaired) electrons. The summed E-state index contributed by atoms with van der Waals surface area (Å²) in [6, 6.07) is 0. The van der Waals surface area contributed by atoms with Crippen molar-refractivity contribution in [3.63, 3.8) is 0 Å². The Kier molecular flexibility index (Phi) is 3.71. The zero-order chi connectivity index (χ0) is 15.1. The third-order valence-electron chi connectivity index (χ3n) is 5.76. The molecule has 1 aromatic heterocycles. The van der Waals surface area contributed by atoms with E-state index in [1.807, 2.05) is 6.20 Å². The number of carbonyl (C=O) groups is 1. The minimum atomic E-state index is 0.375. The molecule has 1 amide bonds. The van der Waals surface area contributed by atoms with Crippen molar-refractivity contribution in [3.8, 4) is 0 Å². The lowest BCUT2D eigenvalue weighted by Gasteiger charge is -2.39. The summed E-state index contributed by atoms with van der Waals surface area (Å²) in [7, 11) is 0. The van der Waals surface area contributed by atoms with Gasteiger partial charge in [0.05, 0.1) is 5.92 Å². The van der Waals surface area contributed by atoms with E-state index in [4.69, 9.17) is 0 Å². The Morgan fingerprint density at radius 1 is 1.18 bits per heavy atom. The summed E-state index contributed by atoms with van der Waals surface area (Å²) < 4.78 is 2.40. The second-order valence-corrected chi connectivity index (χ2v) is 7.66. The highest BCUT2D eigenvalue weighted by molar-refractivity contribution is 5.77. The van der Waals surface area contributed by atoms with Gasteiger partial charge >= 0.3 is 0 Å². The molecular weight excluding hydrogens is 274 g/mol. The SMILES string of the molecule is Cc1cnc(C2CN(C(=O)CC3CCCC3)C2)n1CC1CC1. The molecule has 0 unspecified atom stereocenters. The van der Waals surface area contributed by atoms with Crippen LogP contribution in [0.5, 0.6) is 0 Å².